The quantitative estimate of drug-likeness (QED) is 0.879. The number of anilines is 1. The van der Waals surface area contributed by atoms with Gasteiger partial charge in [-0.2, -0.15) is 0 Å². The van der Waals surface area contributed by atoms with E-state index in [1.807, 2.05) is 48.8 Å². The van der Waals surface area contributed by atoms with Crippen LogP contribution in [0.1, 0.15) is 26.7 Å². The average Bonchev–Trinajstić information content (AvgIpc) is 2.72. The first-order chi connectivity index (χ1) is 8.24. The first-order valence-corrected chi connectivity index (χ1v) is 5.99. The van der Waals surface area contributed by atoms with Gasteiger partial charge in [0.25, 0.3) is 0 Å². The number of rotatable bonds is 4. The number of fused-ring (bicyclic) bond motifs is 1. The molecule has 0 aliphatic carbocycles. The molecule has 17 heavy (non-hydrogen) atoms. The van der Waals surface area contributed by atoms with Gasteiger partial charge < -0.3 is 9.72 Å². The molecule has 0 aromatic carbocycles. The molecule has 1 N–H and O–H groups in total. The number of carbonyl (C=O) groups excluding carboxylic acids is 1. The number of nitrogens with zero attached hydrogens (tertiary/aromatic N) is 2. The fourth-order valence-corrected chi connectivity index (χ4v) is 1.88. The van der Waals surface area contributed by atoms with Gasteiger partial charge in [0.2, 0.25) is 5.91 Å². The number of nitrogens with one attached hydrogen (secondary N) is 1. The molecule has 0 aliphatic rings. The minimum Gasteiger partial charge on any atom is -0.309 e. The number of hydrogen-bond acceptors (Lipinski definition) is 2. The number of aromatic nitrogens is 2. The molecule has 1 amide bonds. The Labute approximate surface area is 101 Å². The summed E-state index contributed by atoms with van der Waals surface area (Å²) in [5.41, 5.74) is 0.840. The van der Waals surface area contributed by atoms with Gasteiger partial charge in [-0.05, 0) is 25.0 Å². The minimum atomic E-state index is 0.0541. The number of carbonyl (C=O) groups is 1. The molecule has 0 unspecified atom stereocenters. The molecule has 0 spiro atoms. The second-order valence-electron chi connectivity index (χ2n) is 4.09. The summed E-state index contributed by atoms with van der Waals surface area (Å²) in [7, 11) is 0. The molecule has 0 atom stereocenters. The summed E-state index contributed by atoms with van der Waals surface area (Å²) in [6.07, 6.45) is 5.45. The van der Waals surface area contributed by atoms with Gasteiger partial charge in [-0.25, -0.2) is 4.98 Å². The highest BCUT2D eigenvalue weighted by Gasteiger charge is 2.15. The monoisotopic (exact) mass is 231 g/mol. The van der Waals surface area contributed by atoms with Crippen molar-refractivity contribution in [2.75, 3.05) is 5.32 Å². The summed E-state index contributed by atoms with van der Waals surface area (Å²) in [5, 5.41) is 2.86. The van der Waals surface area contributed by atoms with Gasteiger partial charge in [0.1, 0.15) is 5.65 Å². The third kappa shape index (κ3) is 2.46. The van der Waals surface area contributed by atoms with Crippen molar-refractivity contribution in [2.45, 2.75) is 26.7 Å². The smallest absolute Gasteiger partial charge is 0.228 e. The third-order valence-corrected chi connectivity index (χ3v) is 2.97. The van der Waals surface area contributed by atoms with E-state index in [0.29, 0.717) is 5.82 Å². The zero-order valence-electron chi connectivity index (χ0n) is 10.2. The van der Waals surface area contributed by atoms with Crippen LogP contribution in [0.4, 0.5) is 5.82 Å². The van der Waals surface area contributed by atoms with E-state index in [9.17, 15) is 4.79 Å². The van der Waals surface area contributed by atoms with Crippen LogP contribution in [0.25, 0.3) is 5.65 Å². The molecule has 2 aromatic heterocycles. The molecule has 0 saturated carbocycles. The Morgan fingerprint density at radius 2 is 2.18 bits per heavy atom. The third-order valence-electron chi connectivity index (χ3n) is 2.97. The summed E-state index contributed by atoms with van der Waals surface area (Å²) in [6, 6.07) is 5.77. The minimum absolute atomic E-state index is 0.0541. The molecule has 0 aliphatic heterocycles. The average molecular weight is 231 g/mol. The Morgan fingerprint density at radius 1 is 1.41 bits per heavy atom. The standard InChI is InChI=1S/C13H17N3O/c1-3-10(4-2)13(17)15-11-9-16-8-6-5-7-12(16)14-11/h5-10H,3-4H2,1-2H3,(H,15,17). The van der Waals surface area contributed by atoms with E-state index in [2.05, 4.69) is 10.3 Å². The summed E-state index contributed by atoms with van der Waals surface area (Å²) in [5.74, 6) is 0.742. The number of hydrogen-bond donors (Lipinski definition) is 1. The second-order valence-corrected chi connectivity index (χ2v) is 4.09. The number of imidazole rings is 1. The van der Waals surface area contributed by atoms with Gasteiger partial charge in [0.15, 0.2) is 5.82 Å². The highest BCUT2D eigenvalue weighted by Crippen LogP contribution is 2.13. The molecule has 0 radical (unpaired) electrons. The molecular weight excluding hydrogens is 214 g/mol. The number of amides is 1. The first-order valence-electron chi connectivity index (χ1n) is 5.99. The van der Waals surface area contributed by atoms with Crippen LogP contribution in [-0.4, -0.2) is 15.3 Å². The van der Waals surface area contributed by atoms with Gasteiger partial charge in [-0.3, -0.25) is 4.79 Å². The lowest BCUT2D eigenvalue weighted by Crippen LogP contribution is -2.21. The molecule has 90 valence electrons. The molecule has 4 heteroatoms. The zero-order valence-corrected chi connectivity index (χ0v) is 10.2. The fourth-order valence-electron chi connectivity index (χ4n) is 1.88. The van der Waals surface area contributed by atoms with Gasteiger partial charge >= 0.3 is 0 Å². The van der Waals surface area contributed by atoms with Crippen molar-refractivity contribution in [3.8, 4) is 0 Å². The molecule has 4 nitrogen and oxygen atoms in total. The summed E-state index contributed by atoms with van der Waals surface area (Å²) in [4.78, 5) is 16.2. The Hall–Kier alpha value is -1.84. The normalized spacial score (nSPS) is 11.0. The summed E-state index contributed by atoms with van der Waals surface area (Å²) >= 11 is 0. The maximum absolute atomic E-state index is 11.9. The van der Waals surface area contributed by atoms with Crippen molar-refractivity contribution >= 4 is 17.4 Å². The highest BCUT2D eigenvalue weighted by atomic mass is 16.1. The van der Waals surface area contributed by atoms with Crippen molar-refractivity contribution < 1.29 is 4.79 Å². The van der Waals surface area contributed by atoms with Crippen LogP contribution in [0, 0.1) is 5.92 Å². The van der Waals surface area contributed by atoms with Crippen LogP contribution in [0.15, 0.2) is 30.6 Å². The van der Waals surface area contributed by atoms with Gasteiger partial charge in [0, 0.05) is 12.1 Å². The largest absolute Gasteiger partial charge is 0.309 e. The van der Waals surface area contributed by atoms with E-state index in [-0.39, 0.29) is 11.8 Å². The van der Waals surface area contributed by atoms with Crippen molar-refractivity contribution in [3.63, 3.8) is 0 Å². The molecule has 2 aromatic rings. The molecule has 2 rings (SSSR count). The summed E-state index contributed by atoms with van der Waals surface area (Å²) in [6.45, 7) is 4.05. The van der Waals surface area contributed by atoms with E-state index >= 15 is 0 Å². The van der Waals surface area contributed by atoms with Crippen LogP contribution in [-0.2, 0) is 4.79 Å². The molecule has 0 fully saturated rings. The highest BCUT2D eigenvalue weighted by molar-refractivity contribution is 5.91. The second kappa shape index (κ2) is 4.99. The van der Waals surface area contributed by atoms with Crippen molar-refractivity contribution in [3.05, 3.63) is 30.6 Å². The van der Waals surface area contributed by atoms with Crippen LogP contribution >= 0.6 is 0 Å². The Balaban J connectivity index is 2.15. The van der Waals surface area contributed by atoms with Crippen molar-refractivity contribution in [1.82, 2.24) is 9.38 Å². The maximum Gasteiger partial charge on any atom is 0.228 e. The SMILES string of the molecule is CCC(CC)C(=O)Nc1cn2ccccc2n1. The lowest BCUT2D eigenvalue weighted by Gasteiger charge is -2.10. The van der Waals surface area contributed by atoms with Crippen LogP contribution in [0.2, 0.25) is 0 Å². The molecule has 2 heterocycles. The van der Waals surface area contributed by atoms with Gasteiger partial charge in [0.05, 0.1) is 6.20 Å². The lowest BCUT2D eigenvalue weighted by molar-refractivity contribution is -0.120. The van der Waals surface area contributed by atoms with E-state index in [4.69, 9.17) is 0 Å². The Kier molecular flexibility index (Phi) is 3.42. The van der Waals surface area contributed by atoms with Crippen molar-refractivity contribution in [1.29, 1.82) is 0 Å². The Bertz CT molecular complexity index is 481. The predicted octanol–water partition coefficient (Wildman–Crippen LogP) is 2.71. The van der Waals surface area contributed by atoms with Gasteiger partial charge in [-0.1, -0.05) is 19.9 Å². The van der Waals surface area contributed by atoms with Crippen LogP contribution < -0.4 is 5.32 Å². The van der Waals surface area contributed by atoms with Crippen LogP contribution in [0.3, 0.4) is 0 Å². The molecule has 0 saturated heterocycles. The predicted molar refractivity (Wildman–Crippen MR) is 67.9 cm³/mol. The lowest BCUT2D eigenvalue weighted by atomic mass is 10.0. The number of pyridine rings is 1. The van der Waals surface area contributed by atoms with E-state index in [1.54, 1.807) is 0 Å². The topological polar surface area (TPSA) is 46.4 Å². The van der Waals surface area contributed by atoms with E-state index in [0.717, 1.165) is 18.5 Å². The fraction of sp³-hybridized carbons (Fsp3) is 0.385. The summed E-state index contributed by atoms with van der Waals surface area (Å²) < 4.78 is 1.89. The zero-order chi connectivity index (χ0) is 12.3. The first kappa shape index (κ1) is 11.6. The van der Waals surface area contributed by atoms with Crippen molar-refractivity contribution in [2.24, 2.45) is 5.92 Å². The molecule has 0 bridgehead atoms. The maximum atomic E-state index is 11.9. The Morgan fingerprint density at radius 3 is 2.82 bits per heavy atom. The van der Waals surface area contributed by atoms with E-state index in [1.165, 1.54) is 0 Å². The van der Waals surface area contributed by atoms with E-state index < -0.39 is 0 Å². The van der Waals surface area contributed by atoms with Crippen LogP contribution in [0.5, 0.6) is 0 Å². The van der Waals surface area contributed by atoms with Gasteiger partial charge in [-0.15, -0.1) is 0 Å². The molecular formula is C13H17N3O.